The smallest absolute Gasteiger partial charge is 0.274 e. The predicted molar refractivity (Wildman–Crippen MR) is 95.0 cm³/mol. The van der Waals surface area contributed by atoms with Gasteiger partial charge in [-0.15, -0.1) is 0 Å². The lowest BCUT2D eigenvalue weighted by Crippen LogP contribution is -2.31. The molecule has 0 saturated heterocycles. The van der Waals surface area contributed by atoms with Gasteiger partial charge in [-0.25, -0.2) is 5.01 Å². The van der Waals surface area contributed by atoms with Crippen LogP contribution in [0.2, 0.25) is 0 Å². The van der Waals surface area contributed by atoms with Gasteiger partial charge >= 0.3 is 0 Å². The number of carbonyl (C=O) groups is 1. The molecule has 0 aliphatic carbocycles. The fraction of sp³-hybridized carbons (Fsp3) is 0.211. The molecule has 3 heterocycles. The van der Waals surface area contributed by atoms with Crippen molar-refractivity contribution in [2.24, 2.45) is 5.10 Å². The number of rotatable bonds is 4. The van der Waals surface area contributed by atoms with Gasteiger partial charge in [-0.3, -0.25) is 9.78 Å². The SMILES string of the molecule is Cc1cccnc1-c1noc(C2=NN(Cc3ccccc3)C(=O)CC2)n1. The minimum Gasteiger partial charge on any atom is -0.332 e. The summed E-state index contributed by atoms with van der Waals surface area (Å²) in [5.74, 6) is 0.737. The van der Waals surface area contributed by atoms with E-state index in [1.165, 1.54) is 5.01 Å². The number of aryl methyl sites for hydroxylation is 1. The van der Waals surface area contributed by atoms with E-state index in [-0.39, 0.29) is 5.91 Å². The van der Waals surface area contributed by atoms with Crippen LogP contribution < -0.4 is 0 Å². The van der Waals surface area contributed by atoms with Gasteiger partial charge in [0.1, 0.15) is 11.4 Å². The monoisotopic (exact) mass is 347 g/mol. The Balaban J connectivity index is 1.60. The molecule has 26 heavy (non-hydrogen) atoms. The van der Waals surface area contributed by atoms with E-state index in [1.807, 2.05) is 49.4 Å². The topological polar surface area (TPSA) is 84.5 Å². The molecule has 2 aromatic heterocycles. The summed E-state index contributed by atoms with van der Waals surface area (Å²) < 4.78 is 5.38. The Morgan fingerprint density at radius 3 is 2.77 bits per heavy atom. The Bertz CT molecular complexity index is 965. The van der Waals surface area contributed by atoms with Crippen LogP contribution in [0.3, 0.4) is 0 Å². The van der Waals surface area contributed by atoms with Crippen molar-refractivity contribution in [3.8, 4) is 11.5 Å². The predicted octanol–water partition coefficient (Wildman–Crippen LogP) is 2.97. The molecule has 1 aliphatic heterocycles. The molecule has 3 aromatic rings. The van der Waals surface area contributed by atoms with Crippen LogP contribution in [0.25, 0.3) is 11.5 Å². The second-order valence-corrected chi connectivity index (χ2v) is 6.08. The summed E-state index contributed by atoms with van der Waals surface area (Å²) in [5, 5.41) is 9.92. The Labute approximate surface area is 150 Å². The molecular weight excluding hydrogens is 330 g/mol. The maximum Gasteiger partial charge on any atom is 0.274 e. The van der Waals surface area contributed by atoms with Crippen LogP contribution in [-0.4, -0.2) is 31.8 Å². The highest BCUT2D eigenvalue weighted by Crippen LogP contribution is 2.20. The third-order valence-corrected chi connectivity index (χ3v) is 4.17. The second-order valence-electron chi connectivity index (χ2n) is 6.08. The van der Waals surface area contributed by atoms with Gasteiger partial charge in [0.2, 0.25) is 11.7 Å². The van der Waals surface area contributed by atoms with E-state index < -0.39 is 0 Å². The van der Waals surface area contributed by atoms with E-state index in [9.17, 15) is 4.79 Å². The summed E-state index contributed by atoms with van der Waals surface area (Å²) in [5.41, 5.74) is 3.27. The third kappa shape index (κ3) is 3.23. The molecule has 7 heteroatoms. The molecule has 0 N–H and O–H groups in total. The van der Waals surface area contributed by atoms with Crippen molar-refractivity contribution < 1.29 is 9.32 Å². The van der Waals surface area contributed by atoms with E-state index in [4.69, 9.17) is 4.52 Å². The quantitative estimate of drug-likeness (QED) is 0.724. The first-order valence-corrected chi connectivity index (χ1v) is 8.38. The number of hydrogen-bond donors (Lipinski definition) is 0. The van der Waals surface area contributed by atoms with Gasteiger partial charge in [-0.1, -0.05) is 41.6 Å². The van der Waals surface area contributed by atoms with Crippen molar-refractivity contribution in [3.63, 3.8) is 0 Å². The summed E-state index contributed by atoms with van der Waals surface area (Å²) >= 11 is 0. The minimum absolute atomic E-state index is 0.0158. The zero-order chi connectivity index (χ0) is 17.9. The van der Waals surface area contributed by atoms with Crippen LogP contribution in [-0.2, 0) is 11.3 Å². The Kier molecular flexibility index (Phi) is 4.27. The van der Waals surface area contributed by atoms with Crippen LogP contribution in [0.15, 0.2) is 58.3 Å². The van der Waals surface area contributed by atoms with Crippen molar-refractivity contribution in [2.75, 3.05) is 0 Å². The molecule has 0 fully saturated rings. The molecule has 1 aromatic carbocycles. The van der Waals surface area contributed by atoms with Crippen molar-refractivity contribution >= 4 is 11.6 Å². The molecular formula is C19H17N5O2. The summed E-state index contributed by atoms with van der Waals surface area (Å²) in [7, 11) is 0. The summed E-state index contributed by atoms with van der Waals surface area (Å²) in [6.07, 6.45) is 2.54. The lowest BCUT2D eigenvalue weighted by Gasteiger charge is -2.22. The molecule has 0 bridgehead atoms. The lowest BCUT2D eigenvalue weighted by atomic mass is 10.1. The maximum atomic E-state index is 12.2. The average Bonchev–Trinajstić information content (AvgIpc) is 3.15. The molecule has 1 amide bonds. The van der Waals surface area contributed by atoms with Gasteiger partial charge in [-0.2, -0.15) is 10.1 Å². The van der Waals surface area contributed by atoms with Crippen LogP contribution >= 0.6 is 0 Å². The van der Waals surface area contributed by atoms with Gasteiger partial charge in [0.15, 0.2) is 0 Å². The van der Waals surface area contributed by atoms with Crippen LogP contribution in [0, 0.1) is 6.92 Å². The fourth-order valence-corrected chi connectivity index (χ4v) is 2.79. The number of carbonyl (C=O) groups excluding carboxylic acids is 1. The largest absolute Gasteiger partial charge is 0.332 e. The number of hydrazone groups is 1. The van der Waals surface area contributed by atoms with E-state index in [1.54, 1.807) is 6.20 Å². The molecule has 130 valence electrons. The van der Waals surface area contributed by atoms with Crippen molar-refractivity contribution in [1.29, 1.82) is 0 Å². The summed E-state index contributed by atoms with van der Waals surface area (Å²) in [6, 6.07) is 13.5. The number of benzene rings is 1. The average molecular weight is 347 g/mol. The van der Waals surface area contributed by atoms with Crippen molar-refractivity contribution in [3.05, 3.63) is 65.7 Å². The fourth-order valence-electron chi connectivity index (χ4n) is 2.79. The first-order valence-electron chi connectivity index (χ1n) is 8.38. The highest BCUT2D eigenvalue weighted by Gasteiger charge is 2.25. The Morgan fingerprint density at radius 1 is 1.12 bits per heavy atom. The number of hydrogen-bond acceptors (Lipinski definition) is 6. The van der Waals surface area contributed by atoms with E-state index in [2.05, 4.69) is 20.2 Å². The molecule has 0 unspecified atom stereocenters. The Hall–Kier alpha value is -3.35. The summed E-state index contributed by atoms with van der Waals surface area (Å²) in [4.78, 5) is 20.9. The maximum absolute atomic E-state index is 12.2. The molecule has 0 radical (unpaired) electrons. The highest BCUT2D eigenvalue weighted by atomic mass is 16.5. The zero-order valence-corrected chi connectivity index (χ0v) is 14.3. The van der Waals surface area contributed by atoms with Crippen LogP contribution in [0.5, 0.6) is 0 Å². The van der Waals surface area contributed by atoms with Gasteiger partial charge < -0.3 is 4.52 Å². The third-order valence-electron chi connectivity index (χ3n) is 4.17. The molecule has 0 saturated carbocycles. The molecule has 4 rings (SSSR count). The number of pyridine rings is 1. The van der Waals surface area contributed by atoms with Crippen LogP contribution in [0.1, 0.15) is 29.9 Å². The van der Waals surface area contributed by atoms with Crippen molar-refractivity contribution in [1.82, 2.24) is 20.1 Å². The summed E-state index contributed by atoms with van der Waals surface area (Å²) in [6.45, 7) is 2.36. The Morgan fingerprint density at radius 2 is 1.96 bits per heavy atom. The first kappa shape index (κ1) is 16.1. The number of aromatic nitrogens is 3. The number of nitrogens with zero attached hydrogens (tertiary/aromatic N) is 5. The van der Waals surface area contributed by atoms with Gasteiger partial charge in [0.05, 0.1) is 6.54 Å². The standard InChI is InChI=1S/C19H17N5O2/c1-13-6-5-11-20-17(13)18-21-19(26-23-18)15-9-10-16(25)24(22-15)12-14-7-3-2-4-8-14/h2-8,11H,9-10,12H2,1H3. The second kappa shape index (κ2) is 6.87. The molecule has 0 spiro atoms. The van der Waals surface area contributed by atoms with Gasteiger partial charge in [0, 0.05) is 19.0 Å². The van der Waals surface area contributed by atoms with Crippen molar-refractivity contribution in [2.45, 2.75) is 26.3 Å². The van der Waals surface area contributed by atoms with Gasteiger partial charge in [-0.05, 0) is 24.1 Å². The molecule has 0 atom stereocenters. The van der Waals surface area contributed by atoms with Gasteiger partial charge in [0.25, 0.3) is 5.89 Å². The van der Waals surface area contributed by atoms with Crippen LogP contribution in [0.4, 0.5) is 0 Å². The van der Waals surface area contributed by atoms with E-state index in [0.717, 1.165) is 11.1 Å². The molecule has 7 nitrogen and oxygen atoms in total. The normalized spacial score (nSPS) is 14.4. The lowest BCUT2D eigenvalue weighted by molar-refractivity contribution is -0.132. The first-order chi connectivity index (χ1) is 12.7. The van der Waals surface area contributed by atoms with E-state index >= 15 is 0 Å². The zero-order valence-electron chi connectivity index (χ0n) is 14.3. The minimum atomic E-state index is -0.0158. The molecule has 1 aliphatic rings. The highest BCUT2D eigenvalue weighted by molar-refractivity contribution is 6.01. The van der Waals surface area contributed by atoms with E-state index in [0.29, 0.717) is 42.5 Å². The number of amides is 1.